The van der Waals surface area contributed by atoms with Crippen molar-refractivity contribution in [2.24, 2.45) is 0 Å². The van der Waals surface area contributed by atoms with Gasteiger partial charge in [-0.3, -0.25) is 4.79 Å². The zero-order valence-electron chi connectivity index (χ0n) is 12.2. The molecule has 0 aliphatic rings. The third-order valence-electron chi connectivity index (χ3n) is 2.18. The van der Waals surface area contributed by atoms with Crippen molar-refractivity contribution in [1.82, 2.24) is 4.90 Å². The van der Waals surface area contributed by atoms with E-state index in [-0.39, 0.29) is 0 Å². The maximum atomic E-state index is 9.79. The van der Waals surface area contributed by atoms with Gasteiger partial charge in [0.15, 0.2) is 0 Å². The number of unbranched alkanes of at least 4 members (excludes halogenated alkanes) is 7. The van der Waals surface area contributed by atoms with Crippen LogP contribution in [0.15, 0.2) is 0 Å². The lowest BCUT2D eigenvalue weighted by Gasteiger charge is -2.00. The minimum absolute atomic E-state index is 0.529. The van der Waals surface area contributed by atoms with Crippen LogP contribution in [-0.2, 0) is 9.53 Å². The molecule has 0 fully saturated rings. The van der Waals surface area contributed by atoms with Crippen molar-refractivity contribution in [2.75, 3.05) is 27.7 Å². The zero-order valence-corrected chi connectivity index (χ0v) is 12.2. The fourth-order valence-corrected chi connectivity index (χ4v) is 1.37. The average molecular weight is 245 g/mol. The molecule has 3 heteroatoms. The van der Waals surface area contributed by atoms with Crippen molar-refractivity contribution >= 4 is 6.47 Å². The highest BCUT2D eigenvalue weighted by atomic mass is 16.5. The van der Waals surface area contributed by atoms with E-state index < -0.39 is 0 Å². The normalized spacial score (nSPS) is 9.71. The lowest BCUT2D eigenvalue weighted by atomic mass is 10.1. The number of carbonyl (C=O) groups excluding carboxylic acids is 1. The standard InChI is InChI=1S/C11H22O2.C3H9N/c1-2-3-4-5-6-7-8-9-10-13-11-12;1-4(2)3/h11H,2-10H2,1H3;1-3H3. The lowest BCUT2D eigenvalue weighted by Crippen LogP contribution is -1.99. The van der Waals surface area contributed by atoms with Gasteiger partial charge in [-0.25, -0.2) is 0 Å². The first-order valence-electron chi connectivity index (χ1n) is 6.81. The molecule has 0 aliphatic heterocycles. The molecule has 0 aliphatic carbocycles. The summed E-state index contributed by atoms with van der Waals surface area (Å²) < 4.78 is 4.60. The molecule has 3 nitrogen and oxygen atoms in total. The molecule has 0 aromatic carbocycles. The Labute approximate surface area is 108 Å². The van der Waals surface area contributed by atoms with Crippen molar-refractivity contribution < 1.29 is 9.53 Å². The van der Waals surface area contributed by atoms with Gasteiger partial charge in [0.25, 0.3) is 6.47 Å². The molecule has 0 rings (SSSR count). The predicted molar refractivity (Wildman–Crippen MR) is 74.2 cm³/mol. The fraction of sp³-hybridized carbons (Fsp3) is 0.929. The topological polar surface area (TPSA) is 29.5 Å². The van der Waals surface area contributed by atoms with Gasteiger partial charge < -0.3 is 9.64 Å². The van der Waals surface area contributed by atoms with Gasteiger partial charge in [0.1, 0.15) is 0 Å². The van der Waals surface area contributed by atoms with Crippen LogP contribution < -0.4 is 0 Å². The quantitative estimate of drug-likeness (QED) is 0.436. The van der Waals surface area contributed by atoms with E-state index in [0.29, 0.717) is 13.1 Å². The summed E-state index contributed by atoms with van der Waals surface area (Å²) in [7, 11) is 6.00. The van der Waals surface area contributed by atoms with Gasteiger partial charge in [0.05, 0.1) is 6.61 Å². The molecule has 0 aromatic rings. The number of rotatable bonds is 10. The maximum absolute atomic E-state index is 9.79. The SMILES string of the molecule is CCCCCCCCCCOC=O.CN(C)C. The summed E-state index contributed by atoms with van der Waals surface area (Å²) >= 11 is 0. The summed E-state index contributed by atoms with van der Waals surface area (Å²) in [5, 5.41) is 0. The largest absolute Gasteiger partial charge is 0.468 e. The van der Waals surface area contributed by atoms with Crippen LogP contribution in [0.2, 0.25) is 0 Å². The molecule has 0 bridgehead atoms. The third kappa shape index (κ3) is 31.3. The second-order valence-electron chi connectivity index (χ2n) is 4.78. The molecule has 0 saturated heterocycles. The van der Waals surface area contributed by atoms with E-state index in [2.05, 4.69) is 11.7 Å². The summed E-state index contributed by atoms with van der Waals surface area (Å²) in [6, 6.07) is 0. The minimum Gasteiger partial charge on any atom is -0.468 e. The molecule has 0 aromatic heterocycles. The van der Waals surface area contributed by atoms with Crippen molar-refractivity contribution in [3.05, 3.63) is 0 Å². The van der Waals surface area contributed by atoms with Crippen molar-refractivity contribution in [2.45, 2.75) is 58.3 Å². The summed E-state index contributed by atoms with van der Waals surface area (Å²) in [6.45, 7) is 3.36. The highest BCUT2D eigenvalue weighted by Gasteiger charge is 1.91. The van der Waals surface area contributed by atoms with Gasteiger partial charge in [-0.2, -0.15) is 0 Å². The lowest BCUT2D eigenvalue weighted by molar-refractivity contribution is -0.128. The second kappa shape index (κ2) is 17.8. The Hall–Kier alpha value is -0.570. The molecule has 104 valence electrons. The van der Waals surface area contributed by atoms with Gasteiger partial charge in [0, 0.05) is 0 Å². The van der Waals surface area contributed by atoms with Gasteiger partial charge in [-0.15, -0.1) is 0 Å². The number of nitrogens with zero attached hydrogens (tertiary/aromatic N) is 1. The molecule has 0 heterocycles. The summed E-state index contributed by atoms with van der Waals surface area (Å²) in [4.78, 5) is 11.8. The van der Waals surface area contributed by atoms with Crippen LogP contribution in [0.25, 0.3) is 0 Å². The van der Waals surface area contributed by atoms with E-state index in [9.17, 15) is 4.79 Å². The number of ether oxygens (including phenoxy) is 1. The Kier molecular flexibility index (Phi) is 19.7. The van der Waals surface area contributed by atoms with Gasteiger partial charge >= 0.3 is 0 Å². The first-order chi connectivity index (χ1) is 8.15. The van der Waals surface area contributed by atoms with Crippen LogP contribution in [0, 0.1) is 0 Å². The molecule has 0 amide bonds. The van der Waals surface area contributed by atoms with E-state index in [1.807, 2.05) is 26.0 Å². The van der Waals surface area contributed by atoms with Gasteiger partial charge in [-0.1, -0.05) is 51.9 Å². The summed E-state index contributed by atoms with van der Waals surface area (Å²) in [5.41, 5.74) is 0. The monoisotopic (exact) mass is 245 g/mol. The molecule has 0 N–H and O–H groups in total. The zero-order chi connectivity index (χ0) is 13.4. The molecule has 0 spiro atoms. The van der Waals surface area contributed by atoms with Crippen LogP contribution in [-0.4, -0.2) is 39.1 Å². The molecule has 0 unspecified atom stereocenters. The van der Waals surface area contributed by atoms with Crippen LogP contribution in [0.3, 0.4) is 0 Å². The second-order valence-corrected chi connectivity index (χ2v) is 4.78. The Morgan fingerprint density at radius 3 is 1.71 bits per heavy atom. The van der Waals surface area contributed by atoms with E-state index in [0.717, 1.165) is 6.42 Å². The summed E-state index contributed by atoms with van der Waals surface area (Å²) in [6.07, 6.45) is 10.3. The number of hydrogen-bond donors (Lipinski definition) is 0. The highest BCUT2D eigenvalue weighted by molar-refractivity contribution is 5.36. The van der Waals surface area contributed by atoms with Crippen LogP contribution in [0.1, 0.15) is 58.3 Å². The highest BCUT2D eigenvalue weighted by Crippen LogP contribution is 2.07. The minimum atomic E-state index is 0.529. The first kappa shape index (κ1) is 18.8. The average Bonchev–Trinajstić information content (AvgIpc) is 2.26. The van der Waals surface area contributed by atoms with Gasteiger partial charge in [-0.05, 0) is 27.6 Å². The number of carbonyl (C=O) groups is 1. The van der Waals surface area contributed by atoms with Crippen molar-refractivity contribution in [3.8, 4) is 0 Å². The predicted octanol–water partition coefficient (Wildman–Crippen LogP) is 3.48. The molecule has 0 radical (unpaired) electrons. The molecule has 17 heavy (non-hydrogen) atoms. The number of hydrogen-bond acceptors (Lipinski definition) is 3. The van der Waals surface area contributed by atoms with Crippen LogP contribution in [0.4, 0.5) is 0 Å². The van der Waals surface area contributed by atoms with E-state index >= 15 is 0 Å². The van der Waals surface area contributed by atoms with E-state index in [1.54, 1.807) is 0 Å². The van der Waals surface area contributed by atoms with Crippen LogP contribution >= 0.6 is 0 Å². The van der Waals surface area contributed by atoms with Gasteiger partial charge in [0.2, 0.25) is 0 Å². The molecule has 0 saturated carbocycles. The van der Waals surface area contributed by atoms with Crippen molar-refractivity contribution in [1.29, 1.82) is 0 Å². The van der Waals surface area contributed by atoms with Crippen LogP contribution in [0.5, 0.6) is 0 Å². The fourth-order valence-electron chi connectivity index (χ4n) is 1.37. The Morgan fingerprint density at radius 1 is 0.882 bits per heavy atom. The Morgan fingerprint density at radius 2 is 1.29 bits per heavy atom. The maximum Gasteiger partial charge on any atom is 0.293 e. The Balaban J connectivity index is 0. The van der Waals surface area contributed by atoms with Crippen molar-refractivity contribution in [3.63, 3.8) is 0 Å². The molecule has 0 atom stereocenters. The molecular weight excluding hydrogens is 214 g/mol. The Bertz CT molecular complexity index is 135. The first-order valence-corrected chi connectivity index (χ1v) is 6.81. The van der Waals surface area contributed by atoms with E-state index in [4.69, 9.17) is 0 Å². The summed E-state index contributed by atoms with van der Waals surface area (Å²) in [5.74, 6) is 0. The molecular formula is C14H31NO2. The smallest absolute Gasteiger partial charge is 0.293 e. The third-order valence-corrected chi connectivity index (χ3v) is 2.18. The van der Waals surface area contributed by atoms with E-state index in [1.165, 1.54) is 44.9 Å².